The maximum atomic E-state index is 5.41. The van der Waals surface area contributed by atoms with Crippen LogP contribution in [0, 0.1) is 0 Å². The van der Waals surface area contributed by atoms with E-state index in [-0.39, 0.29) is 0 Å². The Morgan fingerprint density at radius 3 is 2.77 bits per heavy atom. The van der Waals surface area contributed by atoms with Crippen LogP contribution in [0.5, 0.6) is 0 Å². The number of aromatic nitrogens is 5. The van der Waals surface area contributed by atoms with Crippen LogP contribution in [0.15, 0.2) is 24.7 Å². The molecule has 6 nitrogen and oxygen atoms in total. The fraction of sp³-hybridized carbons (Fsp3) is 0.286. The number of hydrogen-bond acceptors (Lipinski definition) is 4. The summed E-state index contributed by atoms with van der Waals surface area (Å²) in [7, 11) is 0. The maximum Gasteiger partial charge on any atom is 0.165 e. The van der Waals surface area contributed by atoms with Crippen molar-refractivity contribution in [2.45, 2.75) is 13.1 Å². The first-order chi connectivity index (χ1) is 6.34. The lowest BCUT2D eigenvalue weighted by molar-refractivity contribution is 0.490. The molecule has 0 radical (unpaired) electrons. The second kappa shape index (κ2) is 3.26. The lowest BCUT2D eigenvalue weighted by atomic mass is 10.6. The Bertz CT molecular complexity index is 362. The molecule has 0 aliphatic heterocycles. The number of nitrogens with two attached hydrogens (primary N) is 1. The van der Waals surface area contributed by atoms with Crippen LogP contribution in [-0.2, 0) is 13.1 Å². The van der Waals surface area contributed by atoms with Crippen LogP contribution in [0.4, 0.5) is 5.82 Å². The number of nitrogen functional groups attached to an aromatic ring is 1. The zero-order valence-corrected chi connectivity index (χ0v) is 7.04. The summed E-state index contributed by atoms with van der Waals surface area (Å²) in [5.41, 5.74) is 5.41. The van der Waals surface area contributed by atoms with Crippen LogP contribution in [-0.4, -0.2) is 24.8 Å². The van der Waals surface area contributed by atoms with Crippen molar-refractivity contribution in [3.8, 4) is 0 Å². The zero-order chi connectivity index (χ0) is 9.10. The van der Waals surface area contributed by atoms with Gasteiger partial charge in [0, 0.05) is 12.4 Å². The van der Waals surface area contributed by atoms with Gasteiger partial charge in [0.2, 0.25) is 0 Å². The minimum atomic E-state index is 0.445. The molecule has 2 N–H and O–H groups in total. The molecule has 0 amide bonds. The summed E-state index contributed by atoms with van der Waals surface area (Å²) >= 11 is 0. The van der Waals surface area contributed by atoms with Gasteiger partial charge in [0.25, 0.3) is 0 Å². The molecule has 0 spiro atoms. The van der Waals surface area contributed by atoms with Gasteiger partial charge in [-0.25, -0.2) is 4.68 Å². The van der Waals surface area contributed by atoms with E-state index in [1.807, 2.05) is 16.9 Å². The van der Waals surface area contributed by atoms with E-state index < -0.39 is 0 Å². The molecule has 0 saturated carbocycles. The number of hydrogen-bond donors (Lipinski definition) is 1. The fourth-order valence-corrected chi connectivity index (χ4v) is 1.06. The topological polar surface area (TPSA) is 74.5 Å². The predicted octanol–water partition coefficient (Wildman–Crippen LogP) is -0.243. The first-order valence-electron chi connectivity index (χ1n) is 3.97. The Hall–Kier alpha value is -1.85. The minimum absolute atomic E-state index is 0.445. The largest absolute Gasteiger partial charge is 0.381 e. The molecule has 0 saturated heterocycles. The highest BCUT2D eigenvalue weighted by Crippen LogP contribution is 1.93. The van der Waals surface area contributed by atoms with Crippen molar-refractivity contribution < 1.29 is 0 Å². The van der Waals surface area contributed by atoms with E-state index in [0.29, 0.717) is 5.82 Å². The van der Waals surface area contributed by atoms with Gasteiger partial charge in [-0.05, 0) is 6.07 Å². The Morgan fingerprint density at radius 2 is 2.15 bits per heavy atom. The summed E-state index contributed by atoms with van der Waals surface area (Å²) in [5, 5.41) is 11.6. The minimum Gasteiger partial charge on any atom is -0.381 e. The van der Waals surface area contributed by atoms with Gasteiger partial charge in [-0.2, -0.15) is 5.10 Å². The lowest BCUT2D eigenvalue weighted by Gasteiger charge is -1.99. The number of aryl methyl sites for hydroxylation is 2. The SMILES string of the molecule is Nc1cn(CCn2cccn2)nn1. The summed E-state index contributed by atoms with van der Waals surface area (Å²) < 4.78 is 3.52. The van der Waals surface area contributed by atoms with Gasteiger partial charge in [0.05, 0.1) is 19.3 Å². The number of nitrogens with zero attached hydrogens (tertiary/aromatic N) is 5. The van der Waals surface area contributed by atoms with Crippen molar-refractivity contribution in [2.75, 3.05) is 5.73 Å². The molecule has 0 fully saturated rings. The second-order valence-electron chi connectivity index (χ2n) is 2.68. The molecular weight excluding hydrogens is 168 g/mol. The molecule has 0 aliphatic rings. The third-order valence-electron chi connectivity index (χ3n) is 1.67. The van der Waals surface area contributed by atoms with E-state index in [9.17, 15) is 0 Å². The zero-order valence-electron chi connectivity index (χ0n) is 7.04. The molecule has 2 aromatic rings. The standard InChI is InChI=1S/C7H10N6/c8-7-6-13(11-10-7)5-4-12-3-1-2-9-12/h1-3,6H,4-5,8H2. The summed E-state index contributed by atoms with van der Waals surface area (Å²) in [6.07, 6.45) is 5.35. The molecular formula is C7H10N6. The van der Waals surface area contributed by atoms with Gasteiger partial charge in [-0.1, -0.05) is 5.21 Å². The summed E-state index contributed by atoms with van der Waals surface area (Å²) in [4.78, 5) is 0. The second-order valence-corrected chi connectivity index (χ2v) is 2.68. The van der Waals surface area contributed by atoms with Crippen LogP contribution in [0.3, 0.4) is 0 Å². The first kappa shape index (κ1) is 7.78. The molecule has 2 aromatic heterocycles. The quantitative estimate of drug-likeness (QED) is 0.703. The molecule has 0 unspecified atom stereocenters. The average Bonchev–Trinajstić information content (AvgIpc) is 2.71. The van der Waals surface area contributed by atoms with Crippen LogP contribution in [0.2, 0.25) is 0 Å². The first-order valence-corrected chi connectivity index (χ1v) is 3.97. The summed E-state index contributed by atoms with van der Waals surface area (Å²) in [5.74, 6) is 0.445. The van der Waals surface area contributed by atoms with Crippen LogP contribution < -0.4 is 5.73 Å². The smallest absolute Gasteiger partial charge is 0.165 e. The van der Waals surface area contributed by atoms with E-state index in [1.54, 1.807) is 17.1 Å². The summed E-state index contributed by atoms with van der Waals surface area (Å²) in [6, 6.07) is 1.88. The lowest BCUT2D eigenvalue weighted by Crippen LogP contribution is -2.08. The molecule has 0 aliphatic carbocycles. The Balaban J connectivity index is 1.93. The molecule has 6 heteroatoms. The van der Waals surface area contributed by atoms with Gasteiger partial charge < -0.3 is 5.73 Å². The molecule has 0 aromatic carbocycles. The molecule has 0 bridgehead atoms. The molecule has 0 atom stereocenters. The molecule has 2 heterocycles. The molecule has 2 rings (SSSR count). The highest BCUT2D eigenvalue weighted by molar-refractivity contribution is 5.19. The average molecular weight is 178 g/mol. The molecule has 13 heavy (non-hydrogen) atoms. The fourth-order valence-electron chi connectivity index (χ4n) is 1.06. The van der Waals surface area contributed by atoms with E-state index >= 15 is 0 Å². The van der Waals surface area contributed by atoms with Crippen molar-refractivity contribution in [2.24, 2.45) is 0 Å². The molecule has 68 valence electrons. The van der Waals surface area contributed by atoms with E-state index in [1.165, 1.54) is 0 Å². The van der Waals surface area contributed by atoms with Gasteiger partial charge in [-0.3, -0.25) is 4.68 Å². The highest BCUT2D eigenvalue weighted by Gasteiger charge is 1.96. The van der Waals surface area contributed by atoms with E-state index in [4.69, 9.17) is 5.73 Å². The van der Waals surface area contributed by atoms with Crippen LogP contribution in [0.1, 0.15) is 0 Å². The summed E-state index contributed by atoms with van der Waals surface area (Å²) in [6.45, 7) is 1.50. The highest BCUT2D eigenvalue weighted by atomic mass is 15.4. The monoisotopic (exact) mass is 178 g/mol. The third kappa shape index (κ3) is 1.84. The van der Waals surface area contributed by atoms with Crippen molar-refractivity contribution in [1.29, 1.82) is 0 Å². The van der Waals surface area contributed by atoms with Gasteiger partial charge in [-0.15, -0.1) is 5.10 Å². The number of rotatable bonds is 3. The van der Waals surface area contributed by atoms with Crippen LogP contribution in [0.25, 0.3) is 0 Å². The Morgan fingerprint density at radius 1 is 1.31 bits per heavy atom. The van der Waals surface area contributed by atoms with Crippen molar-refractivity contribution in [3.63, 3.8) is 0 Å². The Kier molecular flexibility index (Phi) is 1.95. The van der Waals surface area contributed by atoms with Crippen molar-refractivity contribution in [3.05, 3.63) is 24.7 Å². The van der Waals surface area contributed by atoms with E-state index in [2.05, 4.69) is 15.4 Å². The van der Waals surface area contributed by atoms with Gasteiger partial charge in [0.1, 0.15) is 0 Å². The van der Waals surface area contributed by atoms with Crippen molar-refractivity contribution in [1.82, 2.24) is 24.8 Å². The van der Waals surface area contributed by atoms with E-state index in [0.717, 1.165) is 13.1 Å². The van der Waals surface area contributed by atoms with Gasteiger partial charge >= 0.3 is 0 Å². The normalized spacial score (nSPS) is 10.5. The third-order valence-corrected chi connectivity index (χ3v) is 1.67. The van der Waals surface area contributed by atoms with Gasteiger partial charge in [0.15, 0.2) is 5.82 Å². The predicted molar refractivity (Wildman–Crippen MR) is 46.7 cm³/mol. The Labute approximate surface area is 75.0 Å². The van der Waals surface area contributed by atoms with Crippen molar-refractivity contribution >= 4 is 5.82 Å². The maximum absolute atomic E-state index is 5.41. The van der Waals surface area contributed by atoms with Crippen LogP contribution >= 0.6 is 0 Å². The number of anilines is 1.